The number of hydrogen-bond donors (Lipinski definition) is 2. The maximum absolute atomic E-state index is 10.8. The van der Waals surface area contributed by atoms with Crippen LogP contribution in [-0.4, -0.2) is 33.1 Å². The molecular formula is C10H10N2O3. The lowest BCUT2D eigenvalue weighted by molar-refractivity contribution is -0.134. The van der Waals surface area contributed by atoms with Crippen LogP contribution in [-0.2, 0) is 4.79 Å². The van der Waals surface area contributed by atoms with E-state index in [-0.39, 0.29) is 5.57 Å². The zero-order valence-corrected chi connectivity index (χ0v) is 8.08. The molecule has 0 bridgehead atoms. The van der Waals surface area contributed by atoms with E-state index in [4.69, 9.17) is 5.11 Å². The molecule has 0 saturated carbocycles. The van der Waals surface area contributed by atoms with E-state index in [1.165, 1.54) is 11.1 Å². The lowest BCUT2D eigenvalue weighted by Gasteiger charge is -2.31. The van der Waals surface area contributed by atoms with Gasteiger partial charge in [0.05, 0.1) is 0 Å². The van der Waals surface area contributed by atoms with Gasteiger partial charge in [0.25, 0.3) is 0 Å². The average Bonchev–Trinajstić information content (AvgIpc) is 2.19. The number of aliphatic hydroxyl groups is 1. The molecule has 0 aromatic carbocycles. The van der Waals surface area contributed by atoms with Crippen LogP contribution in [0.15, 0.2) is 40.7 Å². The maximum atomic E-state index is 10.8. The molecule has 0 amide bonds. The normalized spacial score (nSPS) is 24.0. The van der Waals surface area contributed by atoms with Gasteiger partial charge in [0.15, 0.2) is 6.23 Å². The second-order valence-electron chi connectivity index (χ2n) is 3.36. The summed E-state index contributed by atoms with van der Waals surface area (Å²) in [5.41, 5.74) is 0.803. The lowest BCUT2D eigenvalue weighted by Crippen LogP contribution is -2.41. The van der Waals surface area contributed by atoms with Gasteiger partial charge in [-0.05, 0) is 18.6 Å². The molecule has 0 aromatic rings. The molecule has 2 rings (SSSR count). The zero-order chi connectivity index (χ0) is 11.0. The first-order valence-electron chi connectivity index (χ1n) is 4.43. The van der Waals surface area contributed by atoms with Crippen molar-refractivity contribution in [1.82, 2.24) is 4.90 Å². The topological polar surface area (TPSA) is 73.1 Å². The number of aliphatic carboxylic acids is 1. The third-order valence-corrected chi connectivity index (χ3v) is 2.23. The Bertz CT molecular complexity index is 432. The molecule has 2 heterocycles. The molecule has 78 valence electrons. The molecule has 0 fully saturated rings. The first-order valence-corrected chi connectivity index (χ1v) is 4.43. The van der Waals surface area contributed by atoms with Gasteiger partial charge in [-0.25, -0.2) is 9.79 Å². The average molecular weight is 206 g/mol. The van der Waals surface area contributed by atoms with E-state index in [1.54, 1.807) is 12.3 Å². The van der Waals surface area contributed by atoms with Crippen molar-refractivity contribution in [2.75, 3.05) is 0 Å². The third kappa shape index (κ3) is 1.57. The Balaban J connectivity index is 2.40. The Morgan fingerprint density at radius 2 is 2.27 bits per heavy atom. The molecule has 0 saturated heterocycles. The predicted molar refractivity (Wildman–Crippen MR) is 53.9 cm³/mol. The number of rotatable bonds is 1. The van der Waals surface area contributed by atoms with Crippen LogP contribution < -0.4 is 0 Å². The fourth-order valence-corrected chi connectivity index (χ4v) is 1.44. The minimum Gasteiger partial charge on any atom is -0.478 e. The van der Waals surface area contributed by atoms with Crippen molar-refractivity contribution in [3.63, 3.8) is 0 Å². The SMILES string of the molecule is CC1=CN2C(=NC=C(C(=O)O)[C@H]2O)C=C1. The van der Waals surface area contributed by atoms with Crippen molar-refractivity contribution in [2.45, 2.75) is 13.2 Å². The van der Waals surface area contributed by atoms with Gasteiger partial charge in [-0.2, -0.15) is 0 Å². The molecule has 2 aliphatic rings. The number of hydrogen-bond acceptors (Lipinski definition) is 4. The highest BCUT2D eigenvalue weighted by atomic mass is 16.4. The Morgan fingerprint density at radius 3 is 2.93 bits per heavy atom. The summed E-state index contributed by atoms with van der Waals surface area (Å²) in [6.45, 7) is 1.86. The van der Waals surface area contributed by atoms with Crippen molar-refractivity contribution in [1.29, 1.82) is 0 Å². The number of aliphatic hydroxyl groups excluding tert-OH is 1. The summed E-state index contributed by atoms with van der Waals surface area (Å²) in [6.07, 6.45) is 5.25. The molecule has 0 unspecified atom stereocenters. The van der Waals surface area contributed by atoms with Crippen molar-refractivity contribution in [3.05, 3.63) is 35.7 Å². The lowest BCUT2D eigenvalue weighted by atomic mass is 10.1. The number of amidine groups is 1. The van der Waals surface area contributed by atoms with Crippen LogP contribution in [0.4, 0.5) is 0 Å². The van der Waals surface area contributed by atoms with E-state index in [2.05, 4.69) is 4.99 Å². The van der Waals surface area contributed by atoms with Crippen molar-refractivity contribution in [3.8, 4) is 0 Å². The van der Waals surface area contributed by atoms with Gasteiger partial charge in [0.2, 0.25) is 0 Å². The van der Waals surface area contributed by atoms with Crippen LogP contribution in [0.5, 0.6) is 0 Å². The Hall–Kier alpha value is -1.88. The van der Waals surface area contributed by atoms with Gasteiger partial charge in [-0.3, -0.25) is 0 Å². The number of fused-ring (bicyclic) bond motifs is 1. The maximum Gasteiger partial charge on any atom is 0.337 e. The quantitative estimate of drug-likeness (QED) is 0.653. The standard InChI is InChI=1S/C10H10N2O3/c1-6-2-3-8-11-4-7(10(14)15)9(13)12(8)5-6/h2-5,9,13H,1H3,(H,14,15)/t9-/m1/s1. The van der Waals surface area contributed by atoms with E-state index in [9.17, 15) is 9.90 Å². The van der Waals surface area contributed by atoms with Crippen LogP contribution in [0.2, 0.25) is 0 Å². The molecule has 0 aliphatic carbocycles. The van der Waals surface area contributed by atoms with E-state index in [0.29, 0.717) is 5.84 Å². The number of carboxylic acids is 1. The predicted octanol–water partition coefficient (Wildman–Crippen LogP) is 0.461. The van der Waals surface area contributed by atoms with Crippen LogP contribution in [0.1, 0.15) is 6.92 Å². The number of carboxylic acid groups (broad SMARTS) is 1. The fourth-order valence-electron chi connectivity index (χ4n) is 1.44. The number of aliphatic imine (C=N–C) groups is 1. The molecular weight excluding hydrogens is 196 g/mol. The highest BCUT2D eigenvalue weighted by Crippen LogP contribution is 2.20. The number of carbonyl (C=O) groups is 1. The first kappa shape index (κ1) is 9.67. The highest BCUT2D eigenvalue weighted by Gasteiger charge is 2.29. The van der Waals surface area contributed by atoms with Crippen LogP contribution in [0.25, 0.3) is 0 Å². The molecule has 5 nitrogen and oxygen atoms in total. The third-order valence-electron chi connectivity index (χ3n) is 2.23. The minimum atomic E-state index is -1.17. The molecule has 2 aliphatic heterocycles. The summed E-state index contributed by atoms with van der Waals surface area (Å²) in [5, 5.41) is 18.6. The van der Waals surface area contributed by atoms with Crippen molar-refractivity contribution in [2.24, 2.45) is 4.99 Å². The van der Waals surface area contributed by atoms with Crippen molar-refractivity contribution < 1.29 is 15.0 Å². The van der Waals surface area contributed by atoms with Crippen LogP contribution >= 0.6 is 0 Å². The zero-order valence-electron chi connectivity index (χ0n) is 8.08. The summed E-state index contributed by atoms with van der Waals surface area (Å²) in [4.78, 5) is 16.1. The molecule has 0 radical (unpaired) electrons. The van der Waals surface area contributed by atoms with E-state index < -0.39 is 12.2 Å². The molecule has 1 atom stereocenters. The van der Waals surface area contributed by atoms with Crippen LogP contribution in [0.3, 0.4) is 0 Å². The summed E-state index contributed by atoms with van der Waals surface area (Å²) in [7, 11) is 0. The largest absolute Gasteiger partial charge is 0.478 e. The summed E-state index contributed by atoms with van der Waals surface area (Å²) < 4.78 is 0. The summed E-state index contributed by atoms with van der Waals surface area (Å²) in [5.74, 6) is -0.621. The van der Waals surface area contributed by atoms with E-state index in [1.807, 2.05) is 13.0 Å². The molecule has 0 spiro atoms. The first-order chi connectivity index (χ1) is 7.09. The van der Waals surface area contributed by atoms with Gasteiger partial charge in [-0.1, -0.05) is 6.08 Å². The minimum absolute atomic E-state index is 0.127. The monoisotopic (exact) mass is 206 g/mol. The second kappa shape index (κ2) is 3.36. The van der Waals surface area contributed by atoms with Gasteiger partial charge in [-0.15, -0.1) is 0 Å². The molecule has 15 heavy (non-hydrogen) atoms. The molecule has 5 heteroatoms. The van der Waals surface area contributed by atoms with E-state index in [0.717, 1.165) is 5.57 Å². The van der Waals surface area contributed by atoms with Gasteiger partial charge in [0.1, 0.15) is 11.4 Å². The van der Waals surface area contributed by atoms with Gasteiger partial charge >= 0.3 is 5.97 Å². The Morgan fingerprint density at radius 1 is 1.53 bits per heavy atom. The fraction of sp³-hybridized carbons (Fsp3) is 0.200. The van der Waals surface area contributed by atoms with Crippen molar-refractivity contribution >= 4 is 11.8 Å². The number of allylic oxidation sites excluding steroid dienone is 2. The Labute approximate surface area is 86.3 Å². The molecule has 2 N–H and O–H groups in total. The molecule has 0 aromatic heterocycles. The summed E-state index contributed by atoms with van der Waals surface area (Å²) in [6, 6.07) is 0. The highest BCUT2D eigenvalue weighted by molar-refractivity contribution is 5.99. The Kier molecular flexibility index (Phi) is 2.17. The van der Waals surface area contributed by atoms with Gasteiger partial charge < -0.3 is 15.1 Å². The number of nitrogens with zero attached hydrogens (tertiary/aromatic N) is 2. The van der Waals surface area contributed by atoms with Gasteiger partial charge in [0, 0.05) is 12.4 Å². The smallest absolute Gasteiger partial charge is 0.337 e. The second-order valence-corrected chi connectivity index (χ2v) is 3.36. The van der Waals surface area contributed by atoms with E-state index >= 15 is 0 Å². The van der Waals surface area contributed by atoms with Crippen LogP contribution in [0, 0.1) is 0 Å². The summed E-state index contributed by atoms with van der Waals surface area (Å²) >= 11 is 0.